The van der Waals surface area contributed by atoms with E-state index in [1.165, 1.54) is 0 Å². The number of amides is 1. The van der Waals surface area contributed by atoms with Gasteiger partial charge in [0.2, 0.25) is 0 Å². The van der Waals surface area contributed by atoms with E-state index in [-0.39, 0.29) is 11.9 Å². The minimum atomic E-state index is -0.446. The maximum atomic E-state index is 13.5. The number of carbonyl (C=O) groups is 1. The van der Waals surface area contributed by atoms with Gasteiger partial charge in [-0.1, -0.05) is 12.1 Å². The maximum Gasteiger partial charge on any atom is 0.257 e. The summed E-state index contributed by atoms with van der Waals surface area (Å²) >= 11 is 0. The lowest BCUT2D eigenvalue weighted by Gasteiger charge is -2.37. The maximum absolute atomic E-state index is 13.5. The van der Waals surface area contributed by atoms with Crippen molar-refractivity contribution in [1.82, 2.24) is 9.91 Å². The molecule has 0 N–H and O–H groups in total. The zero-order chi connectivity index (χ0) is 23.5. The van der Waals surface area contributed by atoms with Gasteiger partial charge in [-0.2, -0.15) is 5.10 Å². The highest BCUT2D eigenvalue weighted by atomic mass is 16.7. The molecule has 1 spiro atoms. The number of likely N-dealkylation sites (tertiary alicyclic amines) is 1. The molecule has 1 amide bonds. The average Bonchev–Trinajstić information content (AvgIpc) is 3.54. The van der Waals surface area contributed by atoms with Crippen LogP contribution in [0.15, 0.2) is 53.6 Å². The minimum Gasteiger partial charge on any atom is -0.497 e. The van der Waals surface area contributed by atoms with Crippen molar-refractivity contribution in [1.29, 1.82) is 0 Å². The van der Waals surface area contributed by atoms with Gasteiger partial charge in [0.15, 0.2) is 5.79 Å². The van der Waals surface area contributed by atoms with Crippen LogP contribution in [0, 0.1) is 0 Å². The first-order valence-electron chi connectivity index (χ1n) is 11.8. The Hall–Kier alpha value is -2.94. The highest BCUT2D eigenvalue weighted by Crippen LogP contribution is 2.35. The second-order valence-electron chi connectivity index (χ2n) is 8.89. The van der Waals surface area contributed by atoms with Gasteiger partial charge < -0.3 is 18.9 Å². The van der Waals surface area contributed by atoms with Gasteiger partial charge in [-0.05, 0) is 47.5 Å². The number of piperidine rings is 1. The van der Waals surface area contributed by atoms with Gasteiger partial charge in [-0.3, -0.25) is 9.69 Å². The molecule has 180 valence electrons. The van der Waals surface area contributed by atoms with E-state index >= 15 is 0 Å². The molecule has 5 rings (SSSR count). The van der Waals surface area contributed by atoms with E-state index in [1.54, 1.807) is 19.2 Å². The molecule has 0 unspecified atom stereocenters. The molecule has 0 bridgehead atoms. The number of methoxy groups -OCH3 is 2. The van der Waals surface area contributed by atoms with Gasteiger partial charge in [0.05, 0.1) is 45.7 Å². The largest absolute Gasteiger partial charge is 0.497 e. The van der Waals surface area contributed by atoms with Gasteiger partial charge in [0, 0.05) is 32.4 Å². The van der Waals surface area contributed by atoms with E-state index in [0.717, 1.165) is 54.3 Å². The molecular weight excluding hydrogens is 434 g/mol. The summed E-state index contributed by atoms with van der Waals surface area (Å²) in [6.45, 7) is 3.16. The van der Waals surface area contributed by atoms with Crippen molar-refractivity contribution in [3.05, 3.63) is 59.7 Å². The lowest BCUT2D eigenvalue weighted by Crippen LogP contribution is -2.48. The Bertz CT molecular complexity index is 1020. The summed E-state index contributed by atoms with van der Waals surface area (Å²) in [5.74, 6) is 1.13. The number of rotatable bonds is 6. The summed E-state index contributed by atoms with van der Waals surface area (Å²) in [7, 11) is 3.30. The van der Waals surface area contributed by atoms with Crippen molar-refractivity contribution < 1.29 is 23.7 Å². The minimum absolute atomic E-state index is 0.00598. The van der Waals surface area contributed by atoms with Crippen LogP contribution in [-0.4, -0.2) is 74.4 Å². The molecule has 2 fully saturated rings. The Morgan fingerprint density at radius 3 is 2.15 bits per heavy atom. The van der Waals surface area contributed by atoms with Crippen LogP contribution in [0.3, 0.4) is 0 Å². The van der Waals surface area contributed by atoms with Crippen molar-refractivity contribution in [2.75, 3.05) is 47.1 Å². The molecule has 2 saturated heterocycles. The molecule has 8 heteroatoms. The molecule has 2 aromatic carbocycles. The van der Waals surface area contributed by atoms with Gasteiger partial charge in [0.1, 0.15) is 11.5 Å². The number of hydrazone groups is 1. The predicted molar refractivity (Wildman–Crippen MR) is 127 cm³/mol. The van der Waals surface area contributed by atoms with Crippen LogP contribution in [0.25, 0.3) is 0 Å². The molecule has 0 aliphatic carbocycles. The number of ether oxygens (including phenoxy) is 4. The van der Waals surface area contributed by atoms with E-state index in [1.807, 2.05) is 48.5 Å². The molecular formula is C26H31N3O5. The van der Waals surface area contributed by atoms with E-state index < -0.39 is 5.79 Å². The molecule has 0 saturated carbocycles. The van der Waals surface area contributed by atoms with E-state index in [0.29, 0.717) is 26.2 Å². The Balaban J connectivity index is 1.33. The van der Waals surface area contributed by atoms with Crippen LogP contribution < -0.4 is 9.47 Å². The summed E-state index contributed by atoms with van der Waals surface area (Å²) in [6, 6.07) is 15.5. The van der Waals surface area contributed by atoms with Gasteiger partial charge in [-0.25, -0.2) is 5.01 Å². The predicted octanol–water partition coefficient (Wildman–Crippen LogP) is 3.22. The quantitative estimate of drug-likeness (QED) is 0.652. The van der Waals surface area contributed by atoms with Gasteiger partial charge in [0.25, 0.3) is 5.91 Å². The van der Waals surface area contributed by atoms with Crippen LogP contribution in [-0.2, 0) is 14.3 Å². The zero-order valence-corrected chi connectivity index (χ0v) is 19.7. The van der Waals surface area contributed by atoms with Crippen LogP contribution in [0.1, 0.15) is 36.4 Å². The van der Waals surface area contributed by atoms with Crippen molar-refractivity contribution in [2.24, 2.45) is 5.10 Å². The molecule has 8 nitrogen and oxygen atoms in total. The zero-order valence-electron chi connectivity index (χ0n) is 19.7. The van der Waals surface area contributed by atoms with E-state index in [9.17, 15) is 4.79 Å². The summed E-state index contributed by atoms with van der Waals surface area (Å²) in [5.41, 5.74) is 2.92. The average molecular weight is 466 g/mol. The Kier molecular flexibility index (Phi) is 6.54. The molecule has 0 radical (unpaired) electrons. The molecule has 2 aromatic rings. The Morgan fingerprint density at radius 1 is 0.971 bits per heavy atom. The second-order valence-corrected chi connectivity index (χ2v) is 8.89. The van der Waals surface area contributed by atoms with Crippen LogP contribution >= 0.6 is 0 Å². The first kappa shape index (κ1) is 22.8. The number of nitrogens with zero attached hydrogens (tertiary/aromatic N) is 3. The molecule has 0 aromatic heterocycles. The fourth-order valence-electron chi connectivity index (χ4n) is 4.89. The van der Waals surface area contributed by atoms with Crippen molar-refractivity contribution in [3.8, 4) is 11.5 Å². The molecule has 3 aliphatic rings. The standard InChI is InChI=1S/C26H31N3O5/c1-31-21-7-3-19(4-8-21)23-17-24(20-5-9-22(32-2)10-6-20)29(27-23)25(30)18-28-13-11-26(12-14-28)33-15-16-34-26/h3-10,24H,11-18H2,1-2H3/t24-/m0/s1. The first-order chi connectivity index (χ1) is 16.6. The summed E-state index contributed by atoms with van der Waals surface area (Å²) in [5, 5.41) is 6.46. The molecule has 3 heterocycles. The first-order valence-corrected chi connectivity index (χ1v) is 11.8. The number of hydrogen-bond acceptors (Lipinski definition) is 7. The van der Waals surface area contributed by atoms with Gasteiger partial charge >= 0.3 is 0 Å². The Morgan fingerprint density at radius 2 is 1.56 bits per heavy atom. The molecule has 34 heavy (non-hydrogen) atoms. The lowest BCUT2D eigenvalue weighted by atomic mass is 9.98. The summed E-state index contributed by atoms with van der Waals surface area (Å²) < 4.78 is 22.2. The number of benzene rings is 2. The smallest absolute Gasteiger partial charge is 0.257 e. The topological polar surface area (TPSA) is 72.8 Å². The third-order valence-corrected chi connectivity index (χ3v) is 6.88. The third-order valence-electron chi connectivity index (χ3n) is 6.88. The Labute approximate surface area is 200 Å². The normalized spacial score (nSPS) is 22.1. The van der Waals surface area contributed by atoms with Crippen molar-refractivity contribution in [3.63, 3.8) is 0 Å². The fourth-order valence-corrected chi connectivity index (χ4v) is 4.89. The summed E-state index contributed by atoms with van der Waals surface area (Å²) in [4.78, 5) is 15.7. The lowest BCUT2D eigenvalue weighted by molar-refractivity contribution is -0.186. The highest BCUT2D eigenvalue weighted by Gasteiger charge is 2.41. The second kappa shape index (κ2) is 9.74. The fraction of sp³-hybridized carbons (Fsp3) is 0.462. The summed E-state index contributed by atoms with van der Waals surface area (Å²) in [6.07, 6.45) is 2.21. The third kappa shape index (κ3) is 4.66. The van der Waals surface area contributed by atoms with Crippen molar-refractivity contribution >= 4 is 11.6 Å². The van der Waals surface area contributed by atoms with Crippen LogP contribution in [0.5, 0.6) is 11.5 Å². The highest BCUT2D eigenvalue weighted by molar-refractivity contribution is 6.03. The number of hydrogen-bond donors (Lipinski definition) is 0. The number of carbonyl (C=O) groups excluding carboxylic acids is 1. The van der Waals surface area contributed by atoms with E-state index in [4.69, 9.17) is 24.0 Å². The van der Waals surface area contributed by atoms with E-state index in [2.05, 4.69) is 4.90 Å². The van der Waals surface area contributed by atoms with Crippen LogP contribution in [0.4, 0.5) is 0 Å². The van der Waals surface area contributed by atoms with Gasteiger partial charge in [-0.15, -0.1) is 0 Å². The van der Waals surface area contributed by atoms with Crippen LogP contribution in [0.2, 0.25) is 0 Å². The molecule has 3 aliphatic heterocycles. The monoisotopic (exact) mass is 465 g/mol. The van der Waals surface area contributed by atoms with Crippen molar-refractivity contribution in [2.45, 2.75) is 31.1 Å². The molecule has 1 atom stereocenters. The SMILES string of the molecule is COc1ccc(C2=NN(C(=O)CN3CCC4(CC3)OCCO4)[C@H](c3ccc(OC)cc3)C2)cc1.